The van der Waals surface area contributed by atoms with E-state index in [1.54, 1.807) is 22.7 Å². The lowest BCUT2D eigenvalue weighted by molar-refractivity contribution is -0.142. The lowest BCUT2D eigenvalue weighted by Gasteiger charge is -2.32. The van der Waals surface area contributed by atoms with Crippen LogP contribution in [0.1, 0.15) is 37.8 Å². The summed E-state index contributed by atoms with van der Waals surface area (Å²) < 4.78 is 0. The van der Waals surface area contributed by atoms with E-state index in [-0.39, 0.29) is 6.04 Å². The SMILES string of the molecule is O=C(O)[C@@H]1C[C@@H]2CCCC[C@@H]2N1Cc1csc(-c2ccsc2)n1. The minimum absolute atomic E-state index is 0.339. The summed E-state index contributed by atoms with van der Waals surface area (Å²) in [5.41, 5.74) is 2.17. The molecule has 0 unspecified atom stereocenters. The highest BCUT2D eigenvalue weighted by Crippen LogP contribution is 2.40. The van der Waals surface area contributed by atoms with Crippen molar-refractivity contribution in [2.75, 3.05) is 0 Å². The quantitative estimate of drug-likeness (QED) is 0.904. The van der Waals surface area contributed by atoms with Crippen LogP contribution in [0.4, 0.5) is 0 Å². The summed E-state index contributed by atoms with van der Waals surface area (Å²) in [6.45, 7) is 0.665. The van der Waals surface area contributed by atoms with Gasteiger partial charge in [-0.25, -0.2) is 4.98 Å². The molecule has 3 heterocycles. The maximum atomic E-state index is 11.7. The van der Waals surface area contributed by atoms with E-state index < -0.39 is 5.97 Å². The van der Waals surface area contributed by atoms with Crippen molar-refractivity contribution in [1.82, 2.24) is 9.88 Å². The highest BCUT2D eigenvalue weighted by molar-refractivity contribution is 7.14. The molecule has 0 amide bonds. The molecule has 1 saturated carbocycles. The van der Waals surface area contributed by atoms with Gasteiger partial charge >= 0.3 is 5.97 Å². The van der Waals surface area contributed by atoms with Crippen LogP contribution in [0.2, 0.25) is 0 Å². The number of carbonyl (C=O) groups is 1. The molecule has 2 fully saturated rings. The minimum atomic E-state index is -0.673. The van der Waals surface area contributed by atoms with Crippen LogP contribution >= 0.6 is 22.7 Å². The lowest BCUT2D eigenvalue weighted by Crippen LogP contribution is -2.41. The van der Waals surface area contributed by atoms with Crippen LogP contribution in [-0.4, -0.2) is 33.0 Å². The Labute approximate surface area is 143 Å². The average molecular weight is 348 g/mol. The van der Waals surface area contributed by atoms with Crippen molar-refractivity contribution in [3.8, 4) is 10.6 Å². The predicted octanol–water partition coefficient (Wildman–Crippen LogP) is 4.09. The van der Waals surface area contributed by atoms with Gasteiger partial charge < -0.3 is 5.11 Å². The Bertz CT molecular complexity index is 683. The van der Waals surface area contributed by atoms with Crippen molar-refractivity contribution in [3.05, 3.63) is 27.9 Å². The highest BCUT2D eigenvalue weighted by atomic mass is 32.1. The van der Waals surface area contributed by atoms with Crippen molar-refractivity contribution in [2.24, 2.45) is 5.92 Å². The molecule has 6 heteroatoms. The van der Waals surface area contributed by atoms with Crippen LogP contribution in [0, 0.1) is 5.92 Å². The van der Waals surface area contributed by atoms with Crippen molar-refractivity contribution < 1.29 is 9.90 Å². The van der Waals surface area contributed by atoms with Crippen molar-refractivity contribution in [3.63, 3.8) is 0 Å². The van der Waals surface area contributed by atoms with Gasteiger partial charge in [-0.2, -0.15) is 11.3 Å². The number of hydrogen-bond acceptors (Lipinski definition) is 5. The second-order valence-electron chi connectivity index (χ2n) is 6.53. The van der Waals surface area contributed by atoms with Crippen LogP contribution in [0.15, 0.2) is 22.2 Å². The maximum absolute atomic E-state index is 11.7. The number of hydrogen-bond donors (Lipinski definition) is 1. The summed E-state index contributed by atoms with van der Waals surface area (Å²) in [6.07, 6.45) is 5.60. The first-order valence-electron chi connectivity index (χ1n) is 8.18. The standard InChI is InChI=1S/C17H20N2O2S2/c20-17(21)15-7-11-3-1-2-4-14(11)19(15)8-13-10-23-16(18-13)12-5-6-22-9-12/h5-6,9-11,14-15H,1-4,7-8H2,(H,20,21)/t11-,14-,15-/m0/s1. The predicted molar refractivity (Wildman–Crippen MR) is 92.8 cm³/mol. The normalized spacial score (nSPS) is 27.9. The molecule has 1 aliphatic carbocycles. The summed E-state index contributed by atoms with van der Waals surface area (Å²) in [7, 11) is 0. The van der Waals surface area contributed by atoms with E-state index in [2.05, 4.69) is 27.1 Å². The fraction of sp³-hybridized carbons (Fsp3) is 0.529. The second-order valence-corrected chi connectivity index (χ2v) is 8.17. The smallest absolute Gasteiger partial charge is 0.320 e. The molecule has 1 N–H and O–H groups in total. The number of carboxylic acid groups (broad SMARTS) is 1. The molecule has 0 bridgehead atoms. The molecule has 2 aromatic rings. The van der Waals surface area contributed by atoms with E-state index in [0.29, 0.717) is 18.5 Å². The molecule has 2 aromatic heterocycles. The molecule has 122 valence electrons. The number of aromatic nitrogens is 1. The van der Waals surface area contributed by atoms with E-state index in [1.165, 1.54) is 19.3 Å². The number of fused-ring (bicyclic) bond motifs is 1. The molecule has 4 nitrogen and oxygen atoms in total. The van der Waals surface area contributed by atoms with Crippen LogP contribution < -0.4 is 0 Å². The maximum Gasteiger partial charge on any atom is 0.320 e. The molecule has 4 rings (SSSR count). The van der Waals surface area contributed by atoms with E-state index in [4.69, 9.17) is 4.98 Å². The highest BCUT2D eigenvalue weighted by Gasteiger charge is 2.45. The molecule has 2 aliphatic rings. The number of nitrogens with zero attached hydrogens (tertiary/aromatic N) is 2. The fourth-order valence-corrected chi connectivity index (χ4v) is 5.63. The Balaban J connectivity index is 1.55. The van der Waals surface area contributed by atoms with Gasteiger partial charge in [0.1, 0.15) is 11.0 Å². The Morgan fingerprint density at radius 2 is 2.22 bits per heavy atom. The lowest BCUT2D eigenvalue weighted by atomic mass is 9.85. The number of thiophene rings is 1. The van der Waals surface area contributed by atoms with Gasteiger partial charge in [-0.1, -0.05) is 12.8 Å². The van der Waals surface area contributed by atoms with Gasteiger partial charge in [0.25, 0.3) is 0 Å². The third kappa shape index (κ3) is 2.95. The van der Waals surface area contributed by atoms with Crippen LogP contribution in [0.5, 0.6) is 0 Å². The summed E-state index contributed by atoms with van der Waals surface area (Å²) >= 11 is 3.33. The van der Waals surface area contributed by atoms with Gasteiger partial charge in [-0.3, -0.25) is 9.69 Å². The number of rotatable bonds is 4. The zero-order chi connectivity index (χ0) is 15.8. The van der Waals surface area contributed by atoms with Crippen LogP contribution in [0.3, 0.4) is 0 Å². The molecular weight excluding hydrogens is 328 g/mol. The Kier molecular flexibility index (Phi) is 4.22. The largest absolute Gasteiger partial charge is 0.480 e. The molecule has 1 aliphatic heterocycles. The van der Waals surface area contributed by atoms with Gasteiger partial charge in [0.05, 0.1) is 5.69 Å². The van der Waals surface area contributed by atoms with Crippen LogP contribution in [-0.2, 0) is 11.3 Å². The molecule has 3 atom stereocenters. The van der Waals surface area contributed by atoms with Crippen molar-refractivity contribution >= 4 is 28.6 Å². The Hall–Kier alpha value is -1.24. The van der Waals surface area contributed by atoms with E-state index in [0.717, 1.165) is 29.1 Å². The minimum Gasteiger partial charge on any atom is -0.480 e. The molecule has 0 radical (unpaired) electrons. The topological polar surface area (TPSA) is 53.4 Å². The van der Waals surface area contributed by atoms with Gasteiger partial charge in [0.2, 0.25) is 0 Å². The average Bonchev–Trinajstić information content (AvgIpc) is 3.26. The first-order valence-corrected chi connectivity index (χ1v) is 10.00. The second kappa shape index (κ2) is 6.34. The van der Waals surface area contributed by atoms with Gasteiger partial charge in [0.15, 0.2) is 0 Å². The van der Waals surface area contributed by atoms with E-state index in [1.807, 2.05) is 0 Å². The van der Waals surface area contributed by atoms with Gasteiger partial charge in [0, 0.05) is 28.9 Å². The zero-order valence-corrected chi connectivity index (χ0v) is 14.5. The monoisotopic (exact) mass is 348 g/mol. The Morgan fingerprint density at radius 3 is 3.00 bits per heavy atom. The summed E-state index contributed by atoms with van der Waals surface area (Å²) in [5.74, 6) is -0.118. The Morgan fingerprint density at radius 1 is 1.35 bits per heavy atom. The summed E-state index contributed by atoms with van der Waals surface area (Å²) in [5, 5.41) is 16.9. The zero-order valence-electron chi connectivity index (χ0n) is 12.9. The molecule has 23 heavy (non-hydrogen) atoms. The third-order valence-electron chi connectivity index (χ3n) is 5.17. The molecule has 1 saturated heterocycles. The van der Waals surface area contributed by atoms with E-state index >= 15 is 0 Å². The molecular formula is C17H20N2O2S2. The summed E-state index contributed by atoms with van der Waals surface area (Å²) in [4.78, 5) is 18.6. The van der Waals surface area contributed by atoms with Crippen molar-refractivity contribution in [1.29, 1.82) is 0 Å². The molecule has 0 aromatic carbocycles. The van der Waals surface area contributed by atoms with Gasteiger partial charge in [-0.15, -0.1) is 11.3 Å². The molecule has 0 spiro atoms. The first kappa shape index (κ1) is 15.3. The van der Waals surface area contributed by atoms with Gasteiger partial charge in [-0.05, 0) is 36.6 Å². The van der Waals surface area contributed by atoms with E-state index in [9.17, 15) is 9.90 Å². The summed E-state index contributed by atoms with van der Waals surface area (Å²) in [6, 6.07) is 2.17. The first-order chi connectivity index (χ1) is 11.2. The fourth-order valence-electron chi connectivity index (χ4n) is 4.11. The third-order valence-corrected chi connectivity index (χ3v) is 6.79. The van der Waals surface area contributed by atoms with Crippen LogP contribution in [0.25, 0.3) is 10.6 Å². The number of carboxylic acids is 1. The number of aliphatic carboxylic acids is 1. The number of thiazole rings is 1. The number of likely N-dealkylation sites (tertiary alicyclic amines) is 1. The van der Waals surface area contributed by atoms with Crippen molar-refractivity contribution in [2.45, 2.75) is 50.7 Å².